The second-order valence-electron chi connectivity index (χ2n) is 6.34. The smallest absolute Gasteiger partial charge is 0.262 e. The maximum absolute atomic E-state index is 13.0. The van der Waals surface area contributed by atoms with Gasteiger partial charge in [0, 0.05) is 37.3 Å². The summed E-state index contributed by atoms with van der Waals surface area (Å²) in [6, 6.07) is 5.47. The predicted molar refractivity (Wildman–Crippen MR) is 113 cm³/mol. The standard InChI is InChI=1S/C19H24BrN3O4S/c1-2-26-9-3-6-23-18(25)15-12-14(20)4-5-16(15)21-19(23)28-13-17(24)22-7-10-27-11-8-22/h4-5,12H,2-3,6-11,13H2,1H3. The lowest BCUT2D eigenvalue weighted by atomic mass is 10.2. The molecule has 0 saturated carbocycles. The Kier molecular flexibility index (Phi) is 7.90. The molecule has 1 amide bonds. The van der Waals surface area contributed by atoms with E-state index >= 15 is 0 Å². The van der Waals surface area contributed by atoms with Crippen molar-refractivity contribution in [3.8, 4) is 0 Å². The molecule has 152 valence electrons. The van der Waals surface area contributed by atoms with E-state index in [1.807, 2.05) is 19.1 Å². The first-order chi connectivity index (χ1) is 13.6. The monoisotopic (exact) mass is 469 g/mol. The highest BCUT2D eigenvalue weighted by Gasteiger charge is 2.19. The number of rotatable bonds is 8. The fourth-order valence-corrected chi connectivity index (χ4v) is 4.27. The second-order valence-corrected chi connectivity index (χ2v) is 8.20. The number of morpholine rings is 1. The number of aromatic nitrogens is 2. The van der Waals surface area contributed by atoms with Gasteiger partial charge in [-0.25, -0.2) is 4.98 Å². The summed E-state index contributed by atoms with van der Waals surface area (Å²) in [5.74, 6) is 0.291. The van der Waals surface area contributed by atoms with E-state index in [0.717, 1.165) is 4.47 Å². The first kappa shape index (κ1) is 21.3. The Morgan fingerprint density at radius 2 is 2.14 bits per heavy atom. The molecule has 1 fully saturated rings. The highest BCUT2D eigenvalue weighted by atomic mass is 79.9. The summed E-state index contributed by atoms with van der Waals surface area (Å²) in [6.07, 6.45) is 0.708. The number of carbonyl (C=O) groups excluding carboxylic acids is 1. The highest BCUT2D eigenvalue weighted by molar-refractivity contribution is 9.10. The van der Waals surface area contributed by atoms with Crippen molar-refractivity contribution in [1.29, 1.82) is 0 Å². The van der Waals surface area contributed by atoms with Crippen molar-refractivity contribution < 1.29 is 14.3 Å². The molecule has 1 aliphatic heterocycles. The summed E-state index contributed by atoms with van der Waals surface area (Å²) in [7, 11) is 0. The van der Waals surface area contributed by atoms with Gasteiger partial charge in [0.1, 0.15) is 0 Å². The number of halogens is 1. The van der Waals surface area contributed by atoms with Gasteiger partial charge in [0.2, 0.25) is 5.91 Å². The van der Waals surface area contributed by atoms with Crippen molar-refractivity contribution in [2.45, 2.75) is 25.0 Å². The average Bonchev–Trinajstić information content (AvgIpc) is 2.72. The zero-order chi connectivity index (χ0) is 19.9. The quantitative estimate of drug-likeness (QED) is 0.336. The summed E-state index contributed by atoms with van der Waals surface area (Å²) in [4.78, 5) is 32.0. The van der Waals surface area contributed by atoms with Crippen molar-refractivity contribution in [3.63, 3.8) is 0 Å². The van der Waals surface area contributed by atoms with Crippen LogP contribution in [0.3, 0.4) is 0 Å². The maximum Gasteiger partial charge on any atom is 0.262 e. The Labute approximate surface area is 176 Å². The lowest BCUT2D eigenvalue weighted by molar-refractivity contribution is -0.132. The van der Waals surface area contributed by atoms with E-state index in [0.29, 0.717) is 68.5 Å². The number of benzene rings is 1. The molecule has 1 aliphatic rings. The number of carbonyl (C=O) groups is 1. The van der Waals surface area contributed by atoms with Crippen molar-refractivity contribution >= 4 is 44.5 Å². The van der Waals surface area contributed by atoms with E-state index in [-0.39, 0.29) is 17.2 Å². The summed E-state index contributed by atoms with van der Waals surface area (Å²) in [6.45, 7) is 6.04. The Bertz CT molecular complexity index is 883. The van der Waals surface area contributed by atoms with E-state index in [1.54, 1.807) is 15.5 Å². The molecule has 0 atom stereocenters. The molecule has 0 N–H and O–H groups in total. The van der Waals surface area contributed by atoms with Gasteiger partial charge in [-0.3, -0.25) is 14.2 Å². The normalized spacial score (nSPS) is 14.6. The van der Waals surface area contributed by atoms with Crippen LogP contribution in [0, 0.1) is 0 Å². The Morgan fingerprint density at radius 1 is 1.36 bits per heavy atom. The summed E-state index contributed by atoms with van der Waals surface area (Å²) >= 11 is 4.73. The van der Waals surface area contributed by atoms with Crippen LogP contribution in [0.2, 0.25) is 0 Å². The van der Waals surface area contributed by atoms with E-state index in [1.165, 1.54) is 11.8 Å². The largest absolute Gasteiger partial charge is 0.382 e. The predicted octanol–water partition coefficient (Wildman–Crippen LogP) is 2.54. The van der Waals surface area contributed by atoms with Crippen LogP contribution in [0.1, 0.15) is 13.3 Å². The molecule has 2 aromatic rings. The van der Waals surface area contributed by atoms with Gasteiger partial charge >= 0.3 is 0 Å². The van der Waals surface area contributed by atoms with Crippen LogP contribution in [0.15, 0.2) is 32.6 Å². The minimum absolute atomic E-state index is 0.0410. The number of thioether (sulfide) groups is 1. The molecule has 3 rings (SSSR count). The molecule has 1 saturated heterocycles. The first-order valence-corrected chi connectivity index (χ1v) is 11.1. The first-order valence-electron chi connectivity index (χ1n) is 9.36. The fraction of sp³-hybridized carbons (Fsp3) is 0.526. The van der Waals surface area contributed by atoms with Gasteiger partial charge in [-0.05, 0) is 31.5 Å². The van der Waals surface area contributed by atoms with Crippen LogP contribution in [-0.4, -0.2) is 65.6 Å². The van der Waals surface area contributed by atoms with Crippen LogP contribution in [0.4, 0.5) is 0 Å². The highest BCUT2D eigenvalue weighted by Crippen LogP contribution is 2.21. The molecule has 9 heteroatoms. The average molecular weight is 470 g/mol. The van der Waals surface area contributed by atoms with Gasteiger partial charge in [0.25, 0.3) is 5.56 Å². The maximum atomic E-state index is 13.0. The Balaban J connectivity index is 1.82. The molecule has 2 heterocycles. The third-order valence-electron chi connectivity index (χ3n) is 4.44. The molecule has 7 nitrogen and oxygen atoms in total. The van der Waals surface area contributed by atoms with E-state index in [9.17, 15) is 9.59 Å². The van der Waals surface area contributed by atoms with Crippen LogP contribution < -0.4 is 5.56 Å². The summed E-state index contributed by atoms with van der Waals surface area (Å²) in [5.41, 5.74) is 0.541. The van der Waals surface area contributed by atoms with Gasteiger partial charge in [-0.2, -0.15) is 0 Å². The zero-order valence-electron chi connectivity index (χ0n) is 15.9. The Morgan fingerprint density at radius 3 is 2.89 bits per heavy atom. The van der Waals surface area contributed by atoms with Crippen molar-refractivity contribution in [2.75, 3.05) is 45.3 Å². The Hall–Kier alpha value is -1.42. The molecule has 0 spiro atoms. The van der Waals surface area contributed by atoms with E-state index in [4.69, 9.17) is 9.47 Å². The van der Waals surface area contributed by atoms with Gasteiger partial charge in [-0.15, -0.1) is 0 Å². The number of hydrogen-bond donors (Lipinski definition) is 0. The van der Waals surface area contributed by atoms with Gasteiger partial charge in [0.15, 0.2) is 5.16 Å². The fourth-order valence-electron chi connectivity index (χ4n) is 2.98. The SMILES string of the molecule is CCOCCCn1c(SCC(=O)N2CCOCC2)nc2ccc(Br)cc2c1=O. The topological polar surface area (TPSA) is 73.7 Å². The van der Waals surface area contributed by atoms with Gasteiger partial charge in [-0.1, -0.05) is 27.7 Å². The van der Waals surface area contributed by atoms with Gasteiger partial charge < -0.3 is 14.4 Å². The third-order valence-corrected chi connectivity index (χ3v) is 5.90. The number of ether oxygens (including phenoxy) is 2. The lowest BCUT2D eigenvalue weighted by Gasteiger charge is -2.26. The number of amides is 1. The van der Waals surface area contributed by atoms with Crippen LogP contribution >= 0.6 is 27.7 Å². The summed E-state index contributed by atoms with van der Waals surface area (Å²) in [5, 5.41) is 1.13. The molecule has 0 radical (unpaired) electrons. The van der Waals surface area contributed by atoms with Crippen molar-refractivity contribution in [3.05, 3.63) is 33.0 Å². The van der Waals surface area contributed by atoms with Crippen molar-refractivity contribution in [2.24, 2.45) is 0 Å². The number of hydrogen-bond acceptors (Lipinski definition) is 6. The van der Waals surface area contributed by atoms with E-state index < -0.39 is 0 Å². The van der Waals surface area contributed by atoms with Crippen molar-refractivity contribution in [1.82, 2.24) is 14.5 Å². The minimum atomic E-state index is -0.0934. The zero-order valence-corrected chi connectivity index (χ0v) is 18.3. The lowest BCUT2D eigenvalue weighted by Crippen LogP contribution is -2.41. The van der Waals surface area contributed by atoms with Crippen LogP contribution in [0.25, 0.3) is 10.9 Å². The molecule has 28 heavy (non-hydrogen) atoms. The van der Waals surface area contributed by atoms with Gasteiger partial charge in [0.05, 0.1) is 29.9 Å². The second kappa shape index (κ2) is 10.4. The molecular weight excluding hydrogens is 446 g/mol. The summed E-state index contributed by atoms with van der Waals surface area (Å²) < 4.78 is 13.2. The van der Waals surface area contributed by atoms with Crippen LogP contribution in [-0.2, 0) is 20.8 Å². The third kappa shape index (κ3) is 5.34. The number of nitrogens with zero attached hydrogens (tertiary/aromatic N) is 3. The molecule has 0 unspecified atom stereocenters. The molecule has 1 aromatic heterocycles. The molecule has 0 bridgehead atoms. The molecule has 1 aromatic carbocycles. The molecule has 0 aliphatic carbocycles. The number of fused-ring (bicyclic) bond motifs is 1. The molecular formula is C19H24BrN3O4S. The van der Waals surface area contributed by atoms with E-state index in [2.05, 4.69) is 20.9 Å². The van der Waals surface area contributed by atoms with Crippen LogP contribution in [0.5, 0.6) is 0 Å². The minimum Gasteiger partial charge on any atom is -0.382 e.